The van der Waals surface area contributed by atoms with Crippen molar-refractivity contribution in [3.05, 3.63) is 60.7 Å². The second kappa shape index (κ2) is 7.62. The summed E-state index contributed by atoms with van der Waals surface area (Å²) in [6, 6.07) is 23.6. The Morgan fingerprint density at radius 2 is 1.26 bits per heavy atom. The van der Waals surface area contributed by atoms with Gasteiger partial charge in [0.25, 0.3) is 0 Å². The summed E-state index contributed by atoms with van der Waals surface area (Å²) in [6.45, 7) is 4.90. The van der Waals surface area contributed by atoms with E-state index in [0.29, 0.717) is 0 Å². The van der Waals surface area contributed by atoms with Crippen LogP contribution in [0.1, 0.15) is 6.42 Å². The zero-order chi connectivity index (χ0) is 13.5. The van der Waals surface area contributed by atoms with Gasteiger partial charge < -0.3 is 0 Å². The van der Waals surface area contributed by atoms with E-state index in [1.165, 1.54) is 29.2 Å². The number of hydrogen-bond acceptors (Lipinski definition) is 0. The molecule has 0 bridgehead atoms. The third kappa shape index (κ3) is 4.60. The summed E-state index contributed by atoms with van der Waals surface area (Å²) >= 11 is 0. The minimum absolute atomic E-state index is 0.159. The largest absolute Gasteiger partial charge is 0.0722 e. The molecule has 0 N–H and O–H groups in total. The first-order chi connectivity index (χ1) is 9.27. The van der Waals surface area contributed by atoms with Crippen molar-refractivity contribution in [3.8, 4) is 0 Å². The van der Waals surface area contributed by atoms with E-state index >= 15 is 0 Å². The Hall–Kier alpha value is -0.913. The van der Waals surface area contributed by atoms with E-state index in [0.717, 1.165) is 0 Å². The lowest BCUT2D eigenvalue weighted by molar-refractivity contribution is 1.07. The van der Waals surface area contributed by atoms with Crippen LogP contribution in [0.25, 0.3) is 0 Å². The Balaban J connectivity index is 2.14. The van der Waals surface area contributed by atoms with Crippen LogP contribution in [0.4, 0.5) is 0 Å². The van der Waals surface area contributed by atoms with Crippen molar-refractivity contribution in [2.75, 3.05) is 6.16 Å². The van der Waals surface area contributed by atoms with E-state index in [9.17, 15) is 0 Å². The van der Waals surface area contributed by atoms with Crippen LogP contribution in [0.15, 0.2) is 60.7 Å². The Bertz CT molecular complexity index is 428. The molecule has 0 amide bonds. The number of rotatable bonds is 6. The van der Waals surface area contributed by atoms with Gasteiger partial charge in [-0.25, -0.2) is 0 Å². The molecule has 2 rings (SSSR count). The van der Waals surface area contributed by atoms with Crippen molar-refractivity contribution < 1.29 is 0 Å². The summed E-state index contributed by atoms with van der Waals surface area (Å²) in [5.74, 6) is 0. The van der Waals surface area contributed by atoms with Gasteiger partial charge in [0, 0.05) is 8.80 Å². The minimum atomic E-state index is -0.407. The van der Waals surface area contributed by atoms with Gasteiger partial charge in [0.1, 0.15) is 0 Å². The Morgan fingerprint density at radius 1 is 0.789 bits per heavy atom. The molecule has 0 unspecified atom stereocenters. The summed E-state index contributed by atoms with van der Waals surface area (Å²) in [5.41, 5.74) is 0. The molecule has 0 aliphatic heterocycles. The van der Waals surface area contributed by atoms with Crippen LogP contribution in [0.5, 0.6) is 0 Å². The highest BCUT2D eigenvalue weighted by Crippen LogP contribution is 2.34. The third-order valence-electron chi connectivity index (χ3n) is 3.30. The predicted octanol–water partition coefficient (Wildman–Crippen LogP) is 4.00. The van der Waals surface area contributed by atoms with E-state index in [-0.39, 0.29) is 7.92 Å². The average Bonchev–Trinajstić information content (AvgIpc) is 2.45. The molecular formula is C17H23PSi. The van der Waals surface area contributed by atoms with Crippen LogP contribution >= 0.6 is 7.92 Å². The molecular weight excluding hydrogens is 263 g/mol. The Kier molecular flexibility index (Phi) is 5.81. The van der Waals surface area contributed by atoms with E-state index in [1.807, 2.05) is 0 Å². The summed E-state index contributed by atoms with van der Waals surface area (Å²) in [7, 11) is -0.566. The molecule has 2 heteroatoms. The summed E-state index contributed by atoms with van der Waals surface area (Å²) in [4.78, 5) is 0. The lowest BCUT2D eigenvalue weighted by Gasteiger charge is -2.19. The molecule has 0 fully saturated rings. The molecule has 0 aromatic heterocycles. The molecule has 0 heterocycles. The molecule has 100 valence electrons. The van der Waals surface area contributed by atoms with E-state index < -0.39 is 8.80 Å². The standard InChI is InChI=1S/C17H23PSi/c1-19(2)15-9-14-18(16-10-5-3-6-11-16)17-12-7-4-8-13-17/h3-8,10-13,19H,9,14-15H2,1-2H3. The minimum Gasteiger partial charge on any atom is -0.0722 e. The first-order valence-corrected chi connectivity index (χ1v) is 11.8. The first kappa shape index (κ1) is 14.5. The van der Waals surface area contributed by atoms with Crippen molar-refractivity contribution in [1.82, 2.24) is 0 Å². The predicted molar refractivity (Wildman–Crippen MR) is 92.2 cm³/mol. The van der Waals surface area contributed by atoms with Crippen LogP contribution in [0.3, 0.4) is 0 Å². The van der Waals surface area contributed by atoms with Crippen molar-refractivity contribution >= 4 is 27.3 Å². The van der Waals surface area contributed by atoms with E-state index in [4.69, 9.17) is 0 Å². The lowest BCUT2D eigenvalue weighted by Crippen LogP contribution is -2.14. The van der Waals surface area contributed by atoms with Gasteiger partial charge in [-0.3, -0.25) is 0 Å². The van der Waals surface area contributed by atoms with Crippen molar-refractivity contribution in [3.63, 3.8) is 0 Å². The SMILES string of the molecule is C[SiH](C)CCCP(c1ccccc1)c1ccccc1. The Morgan fingerprint density at radius 3 is 1.68 bits per heavy atom. The molecule has 0 saturated carbocycles. The molecule has 2 aromatic rings. The molecule has 19 heavy (non-hydrogen) atoms. The van der Waals surface area contributed by atoms with Gasteiger partial charge in [0.2, 0.25) is 0 Å². The third-order valence-corrected chi connectivity index (χ3v) is 7.47. The fourth-order valence-corrected chi connectivity index (χ4v) is 6.02. The van der Waals surface area contributed by atoms with Crippen molar-refractivity contribution in [2.24, 2.45) is 0 Å². The van der Waals surface area contributed by atoms with Gasteiger partial charge in [-0.15, -0.1) is 0 Å². The first-order valence-electron chi connectivity index (χ1n) is 7.15. The van der Waals surface area contributed by atoms with E-state index in [1.54, 1.807) is 0 Å². The Labute approximate surface area is 120 Å². The fraction of sp³-hybridized carbons (Fsp3) is 0.294. The second-order valence-electron chi connectivity index (χ2n) is 5.36. The zero-order valence-corrected chi connectivity index (χ0v) is 14.0. The fourth-order valence-electron chi connectivity index (χ4n) is 2.28. The summed E-state index contributed by atoms with van der Waals surface area (Å²) < 4.78 is 0. The maximum Gasteiger partial charge on any atom is 0.0305 e. The van der Waals surface area contributed by atoms with Gasteiger partial charge in [0.05, 0.1) is 0 Å². The monoisotopic (exact) mass is 286 g/mol. The maximum atomic E-state index is 2.45. The van der Waals surface area contributed by atoms with Crippen LogP contribution in [0.2, 0.25) is 19.1 Å². The molecule has 0 saturated heterocycles. The number of hydrogen-bond donors (Lipinski definition) is 0. The molecule has 0 atom stereocenters. The highest BCUT2D eigenvalue weighted by atomic mass is 31.1. The topological polar surface area (TPSA) is 0 Å². The molecule has 0 radical (unpaired) electrons. The summed E-state index contributed by atoms with van der Waals surface area (Å²) in [5, 5.41) is 3.04. The number of benzene rings is 2. The van der Waals surface area contributed by atoms with E-state index in [2.05, 4.69) is 73.8 Å². The summed E-state index contributed by atoms with van der Waals surface area (Å²) in [6.07, 6.45) is 2.73. The molecule has 2 aromatic carbocycles. The molecule has 0 spiro atoms. The van der Waals surface area contributed by atoms with Crippen molar-refractivity contribution in [2.45, 2.75) is 25.6 Å². The highest BCUT2D eigenvalue weighted by molar-refractivity contribution is 7.73. The van der Waals surface area contributed by atoms with Crippen LogP contribution in [-0.2, 0) is 0 Å². The molecule has 0 nitrogen and oxygen atoms in total. The normalized spacial score (nSPS) is 11.2. The quantitative estimate of drug-likeness (QED) is 0.556. The average molecular weight is 286 g/mol. The smallest absolute Gasteiger partial charge is 0.0305 e. The molecule has 0 aliphatic rings. The van der Waals surface area contributed by atoms with Gasteiger partial charge in [-0.2, -0.15) is 0 Å². The van der Waals surface area contributed by atoms with Crippen LogP contribution < -0.4 is 10.6 Å². The van der Waals surface area contributed by atoms with Crippen LogP contribution in [0, 0.1) is 0 Å². The second-order valence-corrected chi connectivity index (χ2v) is 11.1. The van der Waals surface area contributed by atoms with Crippen LogP contribution in [-0.4, -0.2) is 15.0 Å². The van der Waals surface area contributed by atoms with Crippen molar-refractivity contribution in [1.29, 1.82) is 0 Å². The zero-order valence-electron chi connectivity index (χ0n) is 11.9. The maximum absolute atomic E-state index is 2.45. The van der Waals surface area contributed by atoms with Gasteiger partial charge in [-0.05, 0) is 24.7 Å². The molecule has 0 aliphatic carbocycles. The van der Waals surface area contributed by atoms with Gasteiger partial charge in [0.15, 0.2) is 0 Å². The lowest BCUT2D eigenvalue weighted by atomic mass is 10.4. The van der Waals surface area contributed by atoms with Gasteiger partial charge in [-0.1, -0.05) is 86.2 Å². The highest BCUT2D eigenvalue weighted by Gasteiger charge is 2.13. The van der Waals surface area contributed by atoms with Gasteiger partial charge >= 0.3 is 0 Å².